The van der Waals surface area contributed by atoms with Gasteiger partial charge in [0.05, 0.1) is 11.9 Å². The lowest BCUT2D eigenvalue weighted by molar-refractivity contribution is -0.120. The molecule has 2 aromatic rings. The molecule has 1 aromatic carbocycles. The number of nitrogen functional groups attached to an aromatic ring is 1. The van der Waals surface area contributed by atoms with Crippen molar-refractivity contribution in [1.82, 2.24) is 9.97 Å². The van der Waals surface area contributed by atoms with Gasteiger partial charge in [0.1, 0.15) is 0 Å². The van der Waals surface area contributed by atoms with Crippen LogP contribution in [0.3, 0.4) is 0 Å². The Bertz CT molecular complexity index is 627. The Balaban J connectivity index is 0.00000264. The standard InChI is InChI=1S/C17H24N4O.ClH/c1-3-5-7-12(4-2)16(22)20-14-9-6-8-13(10-14)15-11-19-17(18)21-15;/h6,8-12H,3-5,7H2,1-2H3,(H,20,22)(H3,18,19,21);1H. The van der Waals surface area contributed by atoms with Gasteiger partial charge in [-0.1, -0.05) is 38.8 Å². The highest BCUT2D eigenvalue weighted by molar-refractivity contribution is 5.93. The number of rotatable bonds is 7. The van der Waals surface area contributed by atoms with Crippen molar-refractivity contribution in [1.29, 1.82) is 0 Å². The predicted octanol–water partition coefficient (Wildman–Crippen LogP) is 4.24. The summed E-state index contributed by atoms with van der Waals surface area (Å²) in [4.78, 5) is 19.3. The van der Waals surface area contributed by atoms with Gasteiger partial charge in [-0.25, -0.2) is 4.98 Å². The fourth-order valence-electron chi connectivity index (χ4n) is 2.46. The number of carbonyl (C=O) groups excluding carboxylic acids is 1. The fourth-order valence-corrected chi connectivity index (χ4v) is 2.46. The fraction of sp³-hybridized carbons (Fsp3) is 0.412. The summed E-state index contributed by atoms with van der Waals surface area (Å²) in [6.45, 7) is 4.20. The Kier molecular flexibility index (Phi) is 7.62. The molecule has 1 heterocycles. The first-order valence-corrected chi connectivity index (χ1v) is 7.85. The average molecular weight is 337 g/mol. The molecule has 1 aromatic heterocycles. The van der Waals surface area contributed by atoms with Crippen molar-refractivity contribution < 1.29 is 4.79 Å². The highest BCUT2D eigenvalue weighted by Crippen LogP contribution is 2.22. The zero-order valence-electron chi connectivity index (χ0n) is 13.6. The molecule has 5 nitrogen and oxygen atoms in total. The van der Waals surface area contributed by atoms with Crippen LogP contribution in [0.5, 0.6) is 0 Å². The number of nitrogens with one attached hydrogen (secondary N) is 2. The number of nitrogens with zero attached hydrogens (tertiary/aromatic N) is 1. The lowest BCUT2D eigenvalue weighted by Crippen LogP contribution is -2.22. The van der Waals surface area contributed by atoms with Crippen LogP contribution in [0, 0.1) is 5.92 Å². The number of H-pyrrole nitrogens is 1. The molecule has 1 unspecified atom stereocenters. The Morgan fingerprint density at radius 2 is 2.17 bits per heavy atom. The first-order valence-electron chi connectivity index (χ1n) is 7.85. The molecule has 6 heteroatoms. The third kappa shape index (κ3) is 5.28. The summed E-state index contributed by atoms with van der Waals surface area (Å²) in [5.74, 6) is 0.554. The molecular formula is C17H25ClN4O. The third-order valence-corrected chi connectivity index (χ3v) is 3.81. The zero-order valence-corrected chi connectivity index (χ0v) is 14.5. The zero-order chi connectivity index (χ0) is 15.9. The maximum Gasteiger partial charge on any atom is 0.227 e. The summed E-state index contributed by atoms with van der Waals surface area (Å²) in [7, 11) is 0. The first kappa shape index (κ1) is 19.0. The number of anilines is 2. The number of hydrogen-bond donors (Lipinski definition) is 3. The van der Waals surface area contributed by atoms with Gasteiger partial charge in [-0.15, -0.1) is 12.4 Å². The number of hydrogen-bond acceptors (Lipinski definition) is 3. The smallest absolute Gasteiger partial charge is 0.227 e. The minimum Gasteiger partial charge on any atom is -0.369 e. The highest BCUT2D eigenvalue weighted by Gasteiger charge is 2.16. The molecule has 2 rings (SSSR count). The Hall–Kier alpha value is -2.01. The van der Waals surface area contributed by atoms with Gasteiger partial charge in [0.15, 0.2) is 5.95 Å². The van der Waals surface area contributed by atoms with Gasteiger partial charge in [-0.2, -0.15) is 0 Å². The quantitative estimate of drug-likeness (QED) is 0.707. The van der Waals surface area contributed by atoms with Crippen LogP contribution >= 0.6 is 12.4 Å². The molecule has 0 aliphatic rings. The van der Waals surface area contributed by atoms with Crippen molar-refractivity contribution in [2.24, 2.45) is 5.92 Å². The number of aromatic amines is 1. The van der Waals surface area contributed by atoms with Crippen molar-refractivity contribution >= 4 is 29.9 Å². The molecule has 0 radical (unpaired) electrons. The maximum absolute atomic E-state index is 12.4. The van der Waals surface area contributed by atoms with Crippen molar-refractivity contribution in [3.63, 3.8) is 0 Å². The van der Waals surface area contributed by atoms with E-state index in [9.17, 15) is 4.79 Å². The van der Waals surface area contributed by atoms with Crippen molar-refractivity contribution in [3.8, 4) is 11.3 Å². The van der Waals surface area contributed by atoms with Crippen LogP contribution in [0.4, 0.5) is 11.6 Å². The van der Waals surface area contributed by atoms with Gasteiger partial charge in [-0.05, 0) is 25.0 Å². The minimum absolute atomic E-state index is 0. The van der Waals surface area contributed by atoms with E-state index in [1.807, 2.05) is 24.3 Å². The average Bonchev–Trinajstić information content (AvgIpc) is 2.95. The monoisotopic (exact) mass is 336 g/mol. The molecule has 1 atom stereocenters. The van der Waals surface area contributed by atoms with Crippen molar-refractivity contribution in [3.05, 3.63) is 30.5 Å². The number of benzene rings is 1. The van der Waals surface area contributed by atoms with Gasteiger partial charge < -0.3 is 16.0 Å². The second-order valence-corrected chi connectivity index (χ2v) is 5.50. The van der Waals surface area contributed by atoms with Crippen LogP contribution in [-0.4, -0.2) is 15.9 Å². The molecule has 1 amide bonds. The molecule has 0 bridgehead atoms. The number of imidazole rings is 1. The minimum atomic E-state index is 0. The van der Waals surface area contributed by atoms with Crippen molar-refractivity contribution in [2.75, 3.05) is 11.1 Å². The molecule has 0 saturated heterocycles. The number of halogens is 1. The van der Waals surface area contributed by atoms with Gasteiger partial charge in [0, 0.05) is 17.2 Å². The number of unbranched alkanes of at least 4 members (excludes halogenated alkanes) is 1. The number of nitrogens with two attached hydrogens (primary N) is 1. The van der Waals surface area contributed by atoms with Gasteiger partial charge in [0.2, 0.25) is 5.91 Å². The topological polar surface area (TPSA) is 83.8 Å². The van der Waals surface area contributed by atoms with E-state index in [1.165, 1.54) is 0 Å². The van der Waals surface area contributed by atoms with E-state index in [-0.39, 0.29) is 24.2 Å². The number of aromatic nitrogens is 2. The van der Waals surface area contributed by atoms with E-state index in [4.69, 9.17) is 5.73 Å². The van der Waals surface area contributed by atoms with Gasteiger partial charge in [-0.3, -0.25) is 4.79 Å². The van der Waals surface area contributed by atoms with Crippen LogP contribution in [-0.2, 0) is 4.79 Å². The Labute approximate surface area is 143 Å². The lowest BCUT2D eigenvalue weighted by Gasteiger charge is -2.15. The predicted molar refractivity (Wildman–Crippen MR) is 97.6 cm³/mol. The molecule has 0 fully saturated rings. The molecule has 23 heavy (non-hydrogen) atoms. The summed E-state index contributed by atoms with van der Waals surface area (Å²) in [6, 6.07) is 7.69. The van der Waals surface area contributed by atoms with E-state index in [0.29, 0.717) is 5.95 Å². The first-order chi connectivity index (χ1) is 10.6. The SMILES string of the molecule is CCCCC(CC)C(=O)Nc1cccc(-c2cnc(N)[nH]2)c1.Cl. The summed E-state index contributed by atoms with van der Waals surface area (Å²) >= 11 is 0. The highest BCUT2D eigenvalue weighted by atomic mass is 35.5. The van der Waals surface area contributed by atoms with Crippen LogP contribution in [0.25, 0.3) is 11.3 Å². The van der Waals surface area contributed by atoms with Gasteiger partial charge >= 0.3 is 0 Å². The Morgan fingerprint density at radius 3 is 2.78 bits per heavy atom. The molecule has 0 spiro atoms. The van der Waals surface area contributed by atoms with Crippen LogP contribution in [0.15, 0.2) is 30.5 Å². The largest absolute Gasteiger partial charge is 0.369 e. The second-order valence-electron chi connectivity index (χ2n) is 5.50. The summed E-state index contributed by atoms with van der Waals surface area (Å²) < 4.78 is 0. The molecule has 0 aliphatic carbocycles. The molecular weight excluding hydrogens is 312 g/mol. The molecule has 126 valence electrons. The normalized spacial score (nSPS) is 11.6. The van der Waals surface area contributed by atoms with Gasteiger partial charge in [0.25, 0.3) is 0 Å². The third-order valence-electron chi connectivity index (χ3n) is 3.81. The number of carbonyl (C=O) groups is 1. The second kappa shape index (κ2) is 9.20. The lowest BCUT2D eigenvalue weighted by atomic mass is 9.98. The summed E-state index contributed by atoms with van der Waals surface area (Å²) in [5.41, 5.74) is 8.19. The van der Waals surface area contributed by atoms with E-state index in [2.05, 4.69) is 29.1 Å². The van der Waals surface area contributed by atoms with E-state index < -0.39 is 0 Å². The number of amides is 1. The maximum atomic E-state index is 12.4. The summed E-state index contributed by atoms with van der Waals surface area (Å²) in [5, 5.41) is 3.01. The molecule has 0 saturated carbocycles. The van der Waals surface area contributed by atoms with E-state index >= 15 is 0 Å². The van der Waals surface area contributed by atoms with Crippen molar-refractivity contribution in [2.45, 2.75) is 39.5 Å². The Morgan fingerprint density at radius 1 is 1.39 bits per heavy atom. The molecule has 0 aliphatic heterocycles. The van der Waals surface area contributed by atoms with E-state index in [1.54, 1.807) is 6.20 Å². The van der Waals surface area contributed by atoms with Crippen LogP contribution in [0.2, 0.25) is 0 Å². The van der Waals surface area contributed by atoms with E-state index in [0.717, 1.165) is 42.6 Å². The summed E-state index contributed by atoms with van der Waals surface area (Å²) in [6.07, 6.45) is 5.68. The van der Waals surface area contributed by atoms with Crippen LogP contribution < -0.4 is 11.1 Å². The molecule has 4 N–H and O–H groups in total. The van der Waals surface area contributed by atoms with Crippen LogP contribution in [0.1, 0.15) is 39.5 Å².